The first-order valence-corrected chi connectivity index (χ1v) is 9.29. The van der Waals surface area contributed by atoms with Crippen molar-refractivity contribution in [1.29, 1.82) is 0 Å². The van der Waals surface area contributed by atoms with E-state index < -0.39 is 0 Å². The third-order valence-corrected chi connectivity index (χ3v) is 4.79. The standard InChI is InChI=1S/C17H21Cl2N5O2.ClH/c1-3-4-14(25)21-15-11(7-10(18)8-12(15)19)17-22-16(23-26-17)13-9-20-5-6-24(13)2;/h7-8,13,20H,3-6,9H2,1-2H3,(H,21,25);1H. The lowest BCUT2D eigenvalue weighted by molar-refractivity contribution is -0.116. The van der Waals surface area contributed by atoms with Crippen molar-refractivity contribution in [2.24, 2.45) is 0 Å². The highest BCUT2D eigenvalue weighted by molar-refractivity contribution is 6.37. The van der Waals surface area contributed by atoms with Gasteiger partial charge in [-0.3, -0.25) is 9.69 Å². The molecule has 1 saturated heterocycles. The van der Waals surface area contributed by atoms with E-state index in [0.29, 0.717) is 33.5 Å². The Balaban J connectivity index is 0.00000261. The Kier molecular flexibility index (Phi) is 7.88. The smallest absolute Gasteiger partial charge is 0.260 e. The molecule has 0 bridgehead atoms. The molecule has 3 rings (SSSR count). The van der Waals surface area contributed by atoms with E-state index in [1.54, 1.807) is 12.1 Å². The van der Waals surface area contributed by atoms with Gasteiger partial charge in [0.2, 0.25) is 5.91 Å². The number of likely N-dealkylation sites (N-methyl/N-ethyl adjacent to an activating group) is 1. The Hall–Kier alpha value is -1.38. The molecule has 10 heteroatoms. The molecule has 0 spiro atoms. The van der Waals surface area contributed by atoms with Gasteiger partial charge in [-0.25, -0.2) is 0 Å². The first kappa shape index (κ1) is 21.9. The molecule has 1 atom stereocenters. The first-order chi connectivity index (χ1) is 12.5. The average Bonchev–Trinajstić information content (AvgIpc) is 3.07. The van der Waals surface area contributed by atoms with Crippen molar-refractivity contribution in [2.75, 3.05) is 32.0 Å². The van der Waals surface area contributed by atoms with Crippen LogP contribution >= 0.6 is 35.6 Å². The summed E-state index contributed by atoms with van der Waals surface area (Å²) in [6, 6.07) is 3.26. The van der Waals surface area contributed by atoms with Gasteiger partial charge in [-0.05, 0) is 25.6 Å². The SMILES string of the molecule is CCCC(=O)Nc1c(Cl)cc(Cl)cc1-c1nc(C2CNCCN2C)no1.Cl. The van der Waals surface area contributed by atoms with Gasteiger partial charge in [0, 0.05) is 31.1 Å². The lowest BCUT2D eigenvalue weighted by Gasteiger charge is -2.30. The van der Waals surface area contributed by atoms with Crippen LogP contribution in [0, 0.1) is 0 Å². The average molecular weight is 435 g/mol. The van der Waals surface area contributed by atoms with Crippen molar-refractivity contribution in [3.63, 3.8) is 0 Å². The summed E-state index contributed by atoms with van der Waals surface area (Å²) < 4.78 is 5.46. The highest BCUT2D eigenvalue weighted by Gasteiger charge is 2.26. The van der Waals surface area contributed by atoms with Gasteiger partial charge >= 0.3 is 0 Å². The van der Waals surface area contributed by atoms with Gasteiger partial charge < -0.3 is 15.2 Å². The van der Waals surface area contributed by atoms with Crippen LogP contribution in [0.5, 0.6) is 0 Å². The van der Waals surface area contributed by atoms with Gasteiger partial charge in [0.05, 0.1) is 22.3 Å². The number of benzene rings is 1. The maximum atomic E-state index is 12.0. The molecule has 2 aromatic rings. The number of anilines is 1. The van der Waals surface area contributed by atoms with E-state index in [9.17, 15) is 4.79 Å². The van der Waals surface area contributed by atoms with E-state index in [4.69, 9.17) is 27.7 Å². The number of piperazine rings is 1. The molecule has 1 fully saturated rings. The fourth-order valence-corrected chi connectivity index (χ4v) is 3.41. The van der Waals surface area contributed by atoms with Crippen LogP contribution in [-0.2, 0) is 4.79 Å². The summed E-state index contributed by atoms with van der Waals surface area (Å²) in [6.07, 6.45) is 1.13. The maximum absolute atomic E-state index is 12.0. The van der Waals surface area contributed by atoms with Crippen molar-refractivity contribution >= 4 is 47.2 Å². The molecule has 2 heterocycles. The molecule has 1 aliphatic heterocycles. The van der Waals surface area contributed by atoms with E-state index in [2.05, 4.69) is 25.7 Å². The molecule has 0 aliphatic carbocycles. The minimum atomic E-state index is -0.131. The Labute approximate surface area is 174 Å². The Morgan fingerprint density at radius 3 is 2.93 bits per heavy atom. The lowest BCUT2D eigenvalue weighted by atomic mass is 10.1. The third kappa shape index (κ3) is 5.12. The zero-order chi connectivity index (χ0) is 18.7. The van der Waals surface area contributed by atoms with Crippen molar-refractivity contribution in [3.05, 3.63) is 28.0 Å². The van der Waals surface area contributed by atoms with Gasteiger partial charge in [-0.15, -0.1) is 12.4 Å². The molecule has 2 N–H and O–H groups in total. The number of nitrogens with one attached hydrogen (secondary N) is 2. The number of carbonyl (C=O) groups excluding carboxylic acids is 1. The maximum Gasteiger partial charge on any atom is 0.260 e. The molecular formula is C17H22Cl3N5O2. The van der Waals surface area contributed by atoms with Crippen LogP contribution < -0.4 is 10.6 Å². The Morgan fingerprint density at radius 2 is 2.22 bits per heavy atom. The first-order valence-electron chi connectivity index (χ1n) is 8.53. The van der Waals surface area contributed by atoms with Gasteiger partial charge in [0.15, 0.2) is 5.82 Å². The number of amides is 1. The zero-order valence-electron chi connectivity index (χ0n) is 15.1. The van der Waals surface area contributed by atoms with Gasteiger partial charge in [0.25, 0.3) is 5.89 Å². The van der Waals surface area contributed by atoms with Crippen LogP contribution in [-0.4, -0.2) is 47.6 Å². The molecule has 1 unspecified atom stereocenters. The van der Waals surface area contributed by atoms with Crippen molar-refractivity contribution in [3.8, 4) is 11.5 Å². The summed E-state index contributed by atoms with van der Waals surface area (Å²) >= 11 is 12.4. The van der Waals surface area contributed by atoms with Crippen molar-refractivity contribution in [1.82, 2.24) is 20.4 Å². The van der Waals surface area contributed by atoms with Crippen molar-refractivity contribution in [2.45, 2.75) is 25.8 Å². The number of hydrogen-bond acceptors (Lipinski definition) is 6. The summed E-state index contributed by atoms with van der Waals surface area (Å²) in [5.41, 5.74) is 0.942. The summed E-state index contributed by atoms with van der Waals surface area (Å²) in [5.74, 6) is 0.723. The Bertz CT molecular complexity index is 799. The molecule has 7 nitrogen and oxygen atoms in total. The second kappa shape index (κ2) is 9.71. The largest absolute Gasteiger partial charge is 0.334 e. The van der Waals surface area contributed by atoms with Gasteiger partial charge in [-0.1, -0.05) is 35.3 Å². The highest BCUT2D eigenvalue weighted by Crippen LogP contribution is 2.37. The van der Waals surface area contributed by atoms with Gasteiger partial charge in [0.1, 0.15) is 0 Å². The topological polar surface area (TPSA) is 83.3 Å². The van der Waals surface area contributed by atoms with E-state index >= 15 is 0 Å². The van der Waals surface area contributed by atoms with Crippen LogP contribution in [0.2, 0.25) is 10.0 Å². The summed E-state index contributed by atoms with van der Waals surface area (Å²) in [4.78, 5) is 18.7. The number of nitrogens with zero attached hydrogens (tertiary/aromatic N) is 3. The second-order valence-corrected chi connectivity index (χ2v) is 7.11. The second-order valence-electron chi connectivity index (χ2n) is 6.27. The van der Waals surface area contributed by atoms with E-state index in [1.165, 1.54) is 0 Å². The van der Waals surface area contributed by atoms with Crippen LogP contribution in [0.1, 0.15) is 31.6 Å². The number of aromatic nitrogens is 2. The quantitative estimate of drug-likeness (QED) is 0.745. The molecule has 148 valence electrons. The number of rotatable bonds is 5. The van der Waals surface area contributed by atoms with Gasteiger partial charge in [-0.2, -0.15) is 4.98 Å². The number of carbonyl (C=O) groups is 1. The van der Waals surface area contributed by atoms with E-state index in [1.807, 2.05) is 14.0 Å². The lowest BCUT2D eigenvalue weighted by Crippen LogP contribution is -2.44. The normalized spacial score (nSPS) is 17.4. The molecular weight excluding hydrogens is 413 g/mol. The molecule has 0 saturated carbocycles. The van der Waals surface area contributed by atoms with Crippen LogP contribution in [0.3, 0.4) is 0 Å². The summed E-state index contributed by atoms with van der Waals surface area (Å²) in [7, 11) is 2.02. The van der Waals surface area contributed by atoms with Crippen LogP contribution in [0.4, 0.5) is 5.69 Å². The molecule has 1 aromatic carbocycles. The fraction of sp³-hybridized carbons (Fsp3) is 0.471. The number of hydrogen-bond donors (Lipinski definition) is 2. The molecule has 1 aromatic heterocycles. The summed E-state index contributed by atoms with van der Waals surface area (Å²) in [6.45, 7) is 4.50. The third-order valence-electron chi connectivity index (χ3n) is 4.28. The minimum Gasteiger partial charge on any atom is -0.334 e. The minimum absolute atomic E-state index is 0. The highest BCUT2D eigenvalue weighted by atomic mass is 35.5. The van der Waals surface area contributed by atoms with Crippen LogP contribution in [0.25, 0.3) is 11.5 Å². The molecule has 1 aliphatic rings. The summed E-state index contributed by atoms with van der Waals surface area (Å²) in [5, 5.41) is 11.0. The van der Waals surface area contributed by atoms with Crippen molar-refractivity contribution < 1.29 is 9.32 Å². The fourth-order valence-electron chi connectivity index (χ4n) is 2.87. The molecule has 0 radical (unpaired) electrons. The van der Waals surface area contributed by atoms with E-state index in [-0.39, 0.29) is 30.2 Å². The predicted octanol–water partition coefficient (Wildman–Crippen LogP) is 3.78. The molecule has 1 amide bonds. The van der Waals surface area contributed by atoms with E-state index in [0.717, 1.165) is 26.1 Å². The van der Waals surface area contributed by atoms with Crippen LogP contribution in [0.15, 0.2) is 16.7 Å². The Morgan fingerprint density at radius 1 is 1.44 bits per heavy atom. The zero-order valence-corrected chi connectivity index (χ0v) is 17.4. The number of halogens is 3. The predicted molar refractivity (Wildman–Crippen MR) is 109 cm³/mol. The monoisotopic (exact) mass is 433 g/mol. The molecule has 27 heavy (non-hydrogen) atoms.